The molecule has 0 bridgehead atoms. The minimum absolute atomic E-state index is 0.241. The van der Waals surface area contributed by atoms with Gasteiger partial charge in [0.25, 0.3) is 0 Å². The summed E-state index contributed by atoms with van der Waals surface area (Å²) < 4.78 is 0. The Morgan fingerprint density at radius 1 is 1.16 bits per heavy atom. The SMILES string of the molecule is CC(N)Cc1ccc(N(C)CC2CCCCC2)cc1. The van der Waals surface area contributed by atoms with E-state index in [9.17, 15) is 0 Å². The molecule has 1 aliphatic carbocycles. The number of nitrogens with two attached hydrogens (primary N) is 1. The average Bonchev–Trinajstić information content (AvgIpc) is 2.40. The second kappa shape index (κ2) is 6.95. The molecule has 0 heterocycles. The third-order valence-electron chi connectivity index (χ3n) is 4.19. The van der Waals surface area contributed by atoms with Crippen molar-refractivity contribution in [1.29, 1.82) is 0 Å². The second-order valence-electron chi connectivity index (χ2n) is 6.23. The molecule has 19 heavy (non-hydrogen) atoms. The van der Waals surface area contributed by atoms with Gasteiger partial charge in [-0.05, 0) is 49.8 Å². The van der Waals surface area contributed by atoms with E-state index in [4.69, 9.17) is 5.73 Å². The Labute approximate surface area is 118 Å². The van der Waals surface area contributed by atoms with Crippen LogP contribution >= 0.6 is 0 Å². The number of rotatable bonds is 5. The molecule has 1 atom stereocenters. The molecule has 1 aromatic carbocycles. The third-order valence-corrected chi connectivity index (χ3v) is 4.19. The number of nitrogens with zero attached hydrogens (tertiary/aromatic N) is 1. The van der Waals surface area contributed by atoms with Crippen LogP contribution in [0.1, 0.15) is 44.6 Å². The Morgan fingerprint density at radius 2 is 1.79 bits per heavy atom. The van der Waals surface area contributed by atoms with Gasteiger partial charge in [0.05, 0.1) is 0 Å². The van der Waals surface area contributed by atoms with Gasteiger partial charge in [0, 0.05) is 25.3 Å². The smallest absolute Gasteiger partial charge is 0.0363 e. The Morgan fingerprint density at radius 3 is 2.37 bits per heavy atom. The minimum atomic E-state index is 0.241. The van der Waals surface area contributed by atoms with Crippen LogP contribution in [0.15, 0.2) is 24.3 Å². The van der Waals surface area contributed by atoms with Crippen LogP contribution in [0.2, 0.25) is 0 Å². The van der Waals surface area contributed by atoms with Gasteiger partial charge in [0.2, 0.25) is 0 Å². The van der Waals surface area contributed by atoms with E-state index in [1.165, 1.54) is 49.9 Å². The predicted octanol–water partition coefficient (Wildman–Crippen LogP) is 3.59. The van der Waals surface area contributed by atoms with Gasteiger partial charge >= 0.3 is 0 Å². The van der Waals surface area contributed by atoms with E-state index >= 15 is 0 Å². The molecule has 2 heteroatoms. The molecule has 1 aliphatic rings. The molecule has 2 rings (SSSR count). The lowest BCUT2D eigenvalue weighted by atomic mass is 9.89. The van der Waals surface area contributed by atoms with Gasteiger partial charge in [-0.15, -0.1) is 0 Å². The van der Waals surface area contributed by atoms with E-state index in [0.29, 0.717) is 0 Å². The zero-order chi connectivity index (χ0) is 13.7. The van der Waals surface area contributed by atoms with Crippen molar-refractivity contribution in [2.24, 2.45) is 11.7 Å². The maximum absolute atomic E-state index is 5.84. The highest BCUT2D eigenvalue weighted by atomic mass is 15.1. The van der Waals surface area contributed by atoms with Gasteiger partial charge < -0.3 is 10.6 Å². The van der Waals surface area contributed by atoms with E-state index in [2.05, 4.69) is 43.1 Å². The molecule has 0 radical (unpaired) electrons. The van der Waals surface area contributed by atoms with Crippen LogP contribution in [0.4, 0.5) is 5.69 Å². The molecule has 1 fully saturated rings. The van der Waals surface area contributed by atoms with E-state index in [-0.39, 0.29) is 6.04 Å². The first kappa shape index (κ1) is 14.4. The van der Waals surface area contributed by atoms with Crippen LogP contribution in [0, 0.1) is 5.92 Å². The van der Waals surface area contributed by atoms with Crippen molar-refractivity contribution in [2.45, 2.75) is 51.5 Å². The summed E-state index contributed by atoms with van der Waals surface area (Å²) in [5.74, 6) is 0.891. The zero-order valence-electron chi connectivity index (χ0n) is 12.4. The molecular weight excluding hydrogens is 232 g/mol. The maximum Gasteiger partial charge on any atom is 0.0363 e. The van der Waals surface area contributed by atoms with Gasteiger partial charge in [0.15, 0.2) is 0 Å². The van der Waals surface area contributed by atoms with Gasteiger partial charge in [-0.3, -0.25) is 0 Å². The first-order valence-electron chi connectivity index (χ1n) is 7.71. The van der Waals surface area contributed by atoms with Crippen LogP contribution in [-0.4, -0.2) is 19.6 Å². The molecule has 2 N–H and O–H groups in total. The van der Waals surface area contributed by atoms with E-state index in [0.717, 1.165) is 12.3 Å². The second-order valence-corrected chi connectivity index (χ2v) is 6.23. The number of hydrogen-bond acceptors (Lipinski definition) is 2. The first-order valence-corrected chi connectivity index (χ1v) is 7.71. The fourth-order valence-electron chi connectivity index (χ4n) is 3.12. The van der Waals surface area contributed by atoms with Crippen molar-refractivity contribution in [3.63, 3.8) is 0 Å². The van der Waals surface area contributed by atoms with Crippen LogP contribution in [0.25, 0.3) is 0 Å². The lowest BCUT2D eigenvalue weighted by molar-refractivity contribution is 0.362. The minimum Gasteiger partial charge on any atom is -0.374 e. The summed E-state index contributed by atoms with van der Waals surface area (Å²) in [4.78, 5) is 2.41. The maximum atomic E-state index is 5.84. The molecule has 0 aromatic heterocycles. The van der Waals surface area contributed by atoms with E-state index in [1.54, 1.807) is 0 Å². The van der Waals surface area contributed by atoms with Gasteiger partial charge in [-0.25, -0.2) is 0 Å². The van der Waals surface area contributed by atoms with E-state index < -0.39 is 0 Å². The van der Waals surface area contributed by atoms with Crippen molar-refractivity contribution < 1.29 is 0 Å². The van der Waals surface area contributed by atoms with Crippen molar-refractivity contribution in [1.82, 2.24) is 0 Å². The van der Waals surface area contributed by atoms with Crippen LogP contribution in [0.3, 0.4) is 0 Å². The van der Waals surface area contributed by atoms with Gasteiger partial charge in [-0.2, -0.15) is 0 Å². The lowest BCUT2D eigenvalue weighted by Gasteiger charge is -2.28. The molecular formula is C17H28N2. The molecule has 0 aliphatic heterocycles. The van der Waals surface area contributed by atoms with Crippen LogP contribution < -0.4 is 10.6 Å². The number of hydrogen-bond donors (Lipinski definition) is 1. The quantitative estimate of drug-likeness (QED) is 0.876. The van der Waals surface area contributed by atoms with Crippen molar-refractivity contribution >= 4 is 5.69 Å². The van der Waals surface area contributed by atoms with Gasteiger partial charge in [0.1, 0.15) is 0 Å². The largest absolute Gasteiger partial charge is 0.374 e. The molecule has 1 aromatic rings. The average molecular weight is 260 g/mol. The Bertz CT molecular complexity index is 363. The number of anilines is 1. The molecule has 0 spiro atoms. The third kappa shape index (κ3) is 4.54. The number of benzene rings is 1. The molecule has 1 saturated carbocycles. The Hall–Kier alpha value is -1.02. The van der Waals surface area contributed by atoms with Gasteiger partial charge in [-0.1, -0.05) is 31.4 Å². The summed E-state index contributed by atoms with van der Waals surface area (Å²) in [6, 6.07) is 9.15. The highest BCUT2D eigenvalue weighted by molar-refractivity contribution is 5.47. The fourth-order valence-corrected chi connectivity index (χ4v) is 3.12. The highest BCUT2D eigenvalue weighted by Crippen LogP contribution is 2.26. The Kier molecular flexibility index (Phi) is 5.26. The summed E-state index contributed by atoms with van der Waals surface area (Å²) in [5.41, 5.74) is 8.51. The lowest BCUT2D eigenvalue weighted by Crippen LogP contribution is -2.26. The van der Waals surface area contributed by atoms with Crippen molar-refractivity contribution in [3.05, 3.63) is 29.8 Å². The van der Waals surface area contributed by atoms with Crippen molar-refractivity contribution in [3.8, 4) is 0 Å². The van der Waals surface area contributed by atoms with Crippen LogP contribution in [-0.2, 0) is 6.42 Å². The monoisotopic (exact) mass is 260 g/mol. The molecule has 106 valence electrons. The molecule has 2 nitrogen and oxygen atoms in total. The fraction of sp³-hybridized carbons (Fsp3) is 0.647. The van der Waals surface area contributed by atoms with Crippen molar-refractivity contribution in [2.75, 3.05) is 18.5 Å². The predicted molar refractivity (Wildman–Crippen MR) is 83.6 cm³/mol. The summed E-state index contributed by atoms with van der Waals surface area (Å²) in [7, 11) is 2.22. The molecule has 0 saturated heterocycles. The topological polar surface area (TPSA) is 29.3 Å². The summed E-state index contributed by atoms with van der Waals surface area (Å²) in [6.07, 6.45) is 8.07. The van der Waals surface area contributed by atoms with E-state index in [1.807, 2.05) is 0 Å². The summed E-state index contributed by atoms with van der Waals surface area (Å²) in [5, 5.41) is 0. The highest BCUT2D eigenvalue weighted by Gasteiger charge is 2.15. The van der Waals surface area contributed by atoms with Crippen LogP contribution in [0.5, 0.6) is 0 Å². The first-order chi connectivity index (χ1) is 9.15. The standard InChI is InChI=1S/C17H28N2/c1-14(18)12-15-8-10-17(11-9-15)19(2)13-16-6-4-3-5-7-16/h8-11,14,16H,3-7,12-13,18H2,1-2H3. The summed E-state index contributed by atoms with van der Waals surface area (Å²) >= 11 is 0. The Balaban J connectivity index is 1.89. The molecule has 0 amide bonds. The normalized spacial score (nSPS) is 18.3. The zero-order valence-corrected chi connectivity index (χ0v) is 12.4. The molecule has 1 unspecified atom stereocenters. The summed E-state index contributed by atoms with van der Waals surface area (Å²) in [6.45, 7) is 3.26.